The molecule has 1 heterocycles. The van der Waals surface area contributed by atoms with Gasteiger partial charge in [-0.1, -0.05) is 30.3 Å². The number of nitrogens with one attached hydrogen (secondary N) is 2. The van der Waals surface area contributed by atoms with Gasteiger partial charge in [0, 0.05) is 23.1 Å². The Hall–Kier alpha value is -3.32. The summed E-state index contributed by atoms with van der Waals surface area (Å²) in [6.45, 7) is 0.241. The molecule has 4 rings (SSSR count). The van der Waals surface area contributed by atoms with Crippen LogP contribution in [-0.2, 0) is 16.2 Å². The summed E-state index contributed by atoms with van der Waals surface area (Å²) in [7, 11) is 0. The maximum atomic E-state index is 13.2. The van der Waals surface area contributed by atoms with Gasteiger partial charge in [-0.15, -0.1) is 11.8 Å². The molecule has 0 saturated carbocycles. The molecule has 1 atom stereocenters. The van der Waals surface area contributed by atoms with Crippen LogP contribution < -0.4 is 15.4 Å². The van der Waals surface area contributed by atoms with Gasteiger partial charge in [0.2, 0.25) is 11.8 Å². The van der Waals surface area contributed by atoms with Crippen LogP contribution in [-0.4, -0.2) is 17.1 Å². The summed E-state index contributed by atoms with van der Waals surface area (Å²) in [5, 5.41) is 5.19. The molecule has 2 amide bonds. The SMILES string of the molecule is O=C(C[C@H]1Sc2ccccc2NC1=O)Nc1cccc(COc2cccc(F)c2)c1. The third kappa shape index (κ3) is 4.99. The van der Waals surface area contributed by atoms with Crippen LogP contribution in [0.25, 0.3) is 0 Å². The van der Waals surface area contributed by atoms with Gasteiger partial charge in [0.1, 0.15) is 18.2 Å². The quantitative estimate of drug-likeness (QED) is 0.596. The first-order valence-electron chi connectivity index (χ1n) is 9.40. The largest absolute Gasteiger partial charge is 0.489 e. The first-order chi connectivity index (χ1) is 14.6. The molecule has 3 aromatic carbocycles. The maximum Gasteiger partial charge on any atom is 0.238 e. The van der Waals surface area contributed by atoms with Crippen LogP contribution in [0, 0.1) is 5.82 Å². The number of ether oxygens (including phenoxy) is 1. The first-order valence-corrected chi connectivity index (χ1v) is 10.3. The van der Waals surface area contributed by atoms with Gasteiger partial charge in [0.25, 0.3) is 0 Å². The Morgan fingerprint density at radius 3 is 2.77 bits per heavy atom. The number of carbonyl (C=O) groups is 2. The zero-order valence-corrected chi connectivity index (χ0v) is 16.7. The Bertz CT molecular complexity index is 1090. The van der Waals surface area contributed by atoms with Crippen molar-refractivity contribution in [2.75, 3.05) is 10.6 Å². The molecular weight excluding hydrogens is 403 g/mol. The molecule has 0 bridgehead atoms. The second-order valence-corrected chi connectivity index (χ2v) is 8.04. The Balaban J connectivity index is 1.34. The molecule has 1 aliphatic rings. The van der Waals surface area contributed by atoms with Gasteiger partial charge in [-0.05, 0) is 42.0 Å². The number of para-hydroxylation sites is 1. The predicted molar refractivity (Wildman–Crippen MR) is 115 cm³/mol. The number of fused-ring (bicyclic) bond motifs is 1. The van der Waals surface area contributed by atoms with Crippen molar-refractivity contribution in [2.45, 2.75) is 23.2 Å². The normalized spacial score (nSPS) is 15.1. The zero-order valence-electron chi connectivity index (χ0n) is 15.9. The Morgan fingerprint density at radius 1 is 1.07 bits per heavy atom. The predicted octanol–water partition coefficient (Wildman–Crippen LogP) is 4.85. The highest BCUT2D eigenvalue weighted by atomic mass is 32.2. The maximum absolute atomic E-state index is 13.2. The molecule has 5 nitrogen and oxygen atoms in total. The molecular formula is C23H19FN2O3S. The number of carbonyl (C=O) groups excluding carboxylic acids is 2. The molecule has 7 heteroatoms. The van der Waals surface area contributed by atoms with Crippen molar-refractivity contribution in [3.05, 3.63) is 84.2 Å². The molecule has 0 saturated heterocycles. The number of amides is 2. The van der Waals surface area contributed by atoms with Crippen molar-refractivity contribution in [3.8, 4) is 5.75 Å². The summed E-state index contributed by atoms with van der Waals surface area (Å²) in [6.07, 6.45) is 0.0643. The molecule has 2 N–H and O–H groups in total. The molecule has 0 fully saturated rings. The summed E-state index contributed by atoms with van der Waals surface area (Å²) < 4.78 is 18.8. The standard InChI is InChI=1S/C23H19FN2O3S/c24-16-6-4-8-18(12-16)29-14-15-5-3-7-17(11-15)25-22(27)13-21-23(28)26-19-9-1-2-10-20(19)30-21/h1-12,21H,13-14H2,(H,25,27)(H,26,28)/t21-/m1/s1. The fraction of sp³-hybridized carbons (Fsp3) is 0.130. The fourth-order valence-corrected chi connectivity index (χ4v) is 4.18. The van der Waals surface area contributed by atoms with Crippen LogP contribution in [0.15, 0.2) is 77.7 Å². The summed E-state index contributed by atoms with van der Waals surface area (Å²) >= 11 is 1.39. The van der Waals surface area contributed by atoms with E-state index in [9.17, 15) is 14.0 Å². The van der Waals surface area contributed by atoms with E-state index in [2.05, 4.69) is 10.6 Å². The molecule has 3 aromatic rings. The third-order valence-electron chi connectivity index (χ3n) is 4.49. The van der Waals surface area contributed by atoms with Crippen molar-refractivity contribution in [3.63, 3.8) is 0 Å². The minimum absolute atomic E-state index is 0.0643. The number of thioether (sulfide) groups is 1. The van der Waals surface area contributed by atoms with E-state index in [1.807, 2.05) is 30.3 Å². The van der Waals surface area contributed by atoms with Crippen molar-refractivity contribution in [1.82, 2.24) is 0 Å². The van der Waals surface area contributed by atoms with Crippen molar-refractivity contribution in [1.29, 1.82) is 0 Å². The van der Waals surface area contributed by atoms with Crippen molar-refractivity contribution < 1.29 is 18.7 Å². The highest BCUT2D eigenvalue weighted by molar-refractivity contribution is 8.01. The van der Waals surface area contributed by atoms with E-state index in [4.69, 9.17) is 4.74 Å². The van der Waals surface area contributed by atoms with Gasteiger partial charge in [-0.25, -0.2) is 4.39 Å². The van der Waals surface area contributed by atoms with Crippen LogP contribution in [0.4, 0.5) is 15.8 Å². The summed E-state index contributed by atoms with van der Waals surface area (Å²) in [5.41, 5.74) is 2.22. The van der Waals surface area contributed by atoms with Gasteiger partial charge in [-0.2, -0.15) is 0 Å². The highest BCUT2D eigenvalue weighted by Crippen LogP contribution is 2.36. The lowest BCUT2D eigenvalue weighted by Crippen LogP contribution is -2.32. The van der Waals surface area contributed by atoms with E-state index >= 15 is 0 Å². The topological polar surface area (TPSA) is 67.4 Å². The second-order valence-electron chi connectivity index (χ2n) is 6.79. The van der Waals surface area contributed by atoms with Crippen molar-refractivity contribution >= 4 is 35.0 Å². The van der Waals surface area contributed by atoms with E-state index in [1.54, 1.807) is 30.3 Å². The molecule has 152 valence electrons. The Labute approximate surface area is 177 Å². The van der Waals surface area contributed by atoms with E-state index in [-0.39, 0.29) is 30.7 Å². The average Bonchev–Trinajstić information content (AvgIpc) is 2.73. The monoisotopic (exact) mass is 422 g/mol. The molecule has 30 heavy (non-hydrogen) atoms. The lowest BCUT2D eigenvalue weighted by Gasteiger charge is -2.23. The third-order valence-corrected chi connectivity index (χ3v) is 5.76. The van der Waals surface area contributed by atoms with Crippen LogP contribution in [0.3, 0.4) is 0 Å². The van der Waals surface area contributed by atoms with Gasteiger partial charge < -0.3 is 15.4 Å². The summed E-state index contributed by atoms with van der Waals surface area (Å²) in [5.74, 6) is -0.345. The van der Waals surface area contributed by atoms with E-state index in [0.29, 0.717) is 11.4 Å². The molecule has 0 aliphatic carbocycles. The molecule has 0 aromatic heterocycles. The van der Waals surface area contributed by atoms with E-state index < -0.39 is 5.25 Å². The van der Waals surface area contributed by atoms with Gasteiger partial charge in [0.15, 0.2) is 0 Å². The smallest absolute Gasteiger partial charge is 0.238 e. The second kappa shape index (κ2) is 9.00. The first kappa shape index (κ1) is 20.0. The molecule has 0 spiro atoms. The van der Waals surface area contributed by atoms with Crippen LogP contribution in [0.2, 0.25) is 0 Å². The van der Waals surface area contributed by atoms with Crippen LogP contribution in [0.5, 0.6) is 5.75 Å². The number of hydrogen-bond donors (Lipinski definition) is 2. The Morgan fingerprint density at radius 2 is 1.90 bits per heavy atom. The average molecular weight is 422 g/mol. The van der Waals surface area contributed by atoms with Gasteiger partial charge in [0.05, 0.1) is 10.9 Å². The number of halogens is 1. The molecule has 1 aliphatic heterocycles. The highest BCUT2D eigenvalue weighted by Gasteiger charge is 2.28. The lowest BCUT2D eigenvalue weighted by molar-refractivity contribution is -0.120. The number of anilines is 2. The van der Waals surface area contributed by atoms with Gasteiger partial charge in [-0.3, -0.25) is 9.59 Å². The zero-order chi connectivity index (χ0) is 20.9. The van der Waals surface area contributed by atoms with Crippen molar-refractivity contribution in [2.24, 2.45) is 0 Å². The van der Waals surface area contributed by atoms with Crippen LogP contribution in [0.1, 0.15) is 12.0 Å². The number of rotatable bonds is 6. The minimum Gasteiger partial charge on any atom is -0.489 e. The van der Waals surface area contributed by atoms with Crippen LogP contribution >= 0.6 is 11.8 Å². The summed E-state index contributed by atoms with van der Waals surface area (Å²) in [6, 6.07) is 20.7. The minimum atomic E-state index is -0.487. The molecule has 0 unspecified atom stereocenters. The lowest BCUT2D eigenvalue weighted by atomic mass is 10.2. The number of hydrogen-bond acceptors (Lipinski definition) is 4. The molecule has 0 radical (unpaired) electrons. The Kier molecular flexibility index (Phi) is 5.99. The van der Waals surface area contributed by atoms with E-state index in [1.165, 1.54) is 23.9 Å². The van der Waals surface area contributed by atoms with Gasteiger partial charge >= 0.3 is 0 Å². The fourth-order valence-electron chi connectivity index (χ4n) is 3.07. The summed E-state index contributed by atoms with van der Waals surface area (Å²) in [4.78, 5) is 25.7. The van der Waals surface area contributed by atoms with E-state index in [0.717, 1.165) is 16.1 Å². The number of benzene rings is 3.